The smallest absolute Gasteiger partial charge is 0.439 e. The van der Waals surface area contributed by atoms with Crippen LogP contribution >= 0.6 is 0 Å². The van der Waals surface area contributed by atoms with Crippen molar-refractivity contribution in [1.29, 1.82) is 0 Å². The van der Waals surface area contributed by atoms with Crippen LogP contribution in [0.5, 0.6) is 0 Å². The Bertz CT molecular complexity index is 940. The molecule has 2 aliphatic heterocycles. The van der Waals surface area contributed by atoms with Crippen molar-refractivity contribution >= 4 is 30.8 Å². The summed E-state index contributed by atoms with van der Waals surface area (Å²) in [6, 6.07) is -1.68. The van der Waals surface area contributed by atoms with E-state index >= 15 is 0 Å². The van der Waals surface area contributed by atoms with Crippen LogP contribution in [-0.2, 0) is 25.7 Å². The van der Waals surface area contributed by atoms with Gasteiger partial charge in [0.25, 0.3) is 12.4 Å². The lowest BCUT2D eigenvalue weighted by Gasteiger charge is -2.44. The SMILES string of the molecule is COOC(=O)NC(COC=O)C(O)Cc1c(C)nc2n1C(=O)C1N=CN(C(C)(C)C)C1N2C. The van der Waals surface area contributed by atoms with Crippen molar-refractivity contribution in [3.05, 3.63) is 11.4 Å². The number of rotatable bonds is 8. The number of nitrogens with one attached hydrogen (secondary N) is 1. The van der Waals surface area contributed by atoms with Crippen molar-refractivity contribution in [3.8, 4) is 0 Å². The minimum Gasteiger partial charge on any atom is -0.466 e. The fourth-order valence-electron chi connectivity index (χ4n) is 4.09. The Morgan fingerprint density at radius 3 is 2.70 bits per heavy atom. The second-order valence-corrected chi connectivity index (χ2v) is 8.92. The molecule has 13 heteroatoms. The normalized spacial score (nSPS) is 21.4. The molecular formula is C20H30N6O7. The van der Waals surface area contributed by atoms with Gasteiger partial charge in [-0.2, -0.15) is 4.89 Å². The second-order valence-electron chi connectivity index (χ2n) is 8.92. The van der Waals surface area contributed by atoms with E-state index in [-0.39, 0.29) is 37.1 Å². The highest BCUT2D eigenvalue weighted by Crippen LogP contribution is 2.35. The van der Waals surface area contributed by atoms with Gasteiger partial charge in [-0.3, -0.25) is 24.0 Å². The number of aromatic nitrogens is 2. The van der Waals surface area contributed by atoms with Crippen LogP contribution in [0.25, 0.3) is 0 Å². The lowest BCUT2D eigenvalue weighted by atomic mass is 10.0. The molecule has 0 aliphatic carbocycles. The van der Waals surface area contributed by atoms with Gasteiger partial charge < -0.3 is 25.0 Å². The van der Waals surface area contributed by atoms with E-state index in [0.717, 1.165) is 7.11 Å². The molecule has 0 bridgehead atoms. The fraction of sp³-hybridized carbons (Fsp3) is 0.650. The van der Waals surface area contributed by atoms with Crippen molar-refractivity contribution in [2.24, 2.45) is 4.99 Å². The number of aryl methyl sites for hydroxylation is 1. The Hall–Kier alpha value is -3.19. The van der Waals surface area contributed by atoms with Gasteiger partial charge in [0.2, 0.25) is 5.95 Å². The highest BCUT2D eigenvalue weighted by molar-refractivity contribution is 5.93. The van der Waals surface area contributed by atoms with Crippen LogP contribution < -0.4 is 10.2 Å². The second kappa shape index (κ2) is 9.35. The molecule has 0 fully saturated rings. The Morgan fingerprint density at radius 2 is 2.09 bits per heavy atom. The van der Waals surface area contributed by atoms with Crippen molar-refractivity contribution in [1.82, 2.24) is 19.8 Å². The molecule has 0 aromatic carbocycles. The summed E-state index contributed by atoms with van der Waals surface area (Å²) in [5.74, 6) is 0.180. The number of aliphatic hydroxyl groups excluding tert-OH is 1. The van der Waals surface area contributed by atoms with E-state index in [1.54, 1.807) is 13.3 Å². The first kappa shape index (κ1) is 24.5. The van der Waals surface area contributed by atoms with Crippen LogP contribution in [0.2, 0.25) is 0 Å². The van der Waals surface area contributed by atoms with Crippen molar-refractivity contribution in [2.75, 3.05) is 25.7 Å². The summed E-state index contributed by atoms with van der Waals surface area (Å²) in [5, 5.41) is 13.2. The molecule has 4 atom stereocenters. The van der Waals surface area contributed by atoms with E-state index < -0.39 is 24.3 Å². The van der Waals surface area contributed by atoms with Gasteiger partial charge in [0.05, 0.1) is 37.0 Å². The van der Waals surface area contributed by atoms with Crippen LogP contribution in [0.15, 0.2) is 4.99 Å². The van der Waals surface area contributed by atoms with Gasteiger partial charge in [-0.05, 0) is 27.7 Å². The number of likely N-dealkylation sites (N-methyl/N-ethyl adjacent to an activating group) is 1. The lowest BCUT2D eigenvalue weighted by Crippen LogP contribution is -2.61. The number of anilines is 1. The van der Waals surface area contributed by atoms with Gasteiger partial charge in [0.1, 0.15) is 12.8 Å². The summed E-state index contributed by atoms with van der Waals surface area (Å²) < 4.78 is 6.18. The first-order valence-corrected chi connectivity index (χ1v) is 10.4. The van der Waals surface area contributed by atoms with Crippen LogP contribution in [0.4, 0.5) is 10.7 Å². The van der Waals surface area contributed by atoms with E-state index in [2.05, 4.69) is 25.1 Å². The van der Waals surface area contributed by atoms with Gasteiger partial charge >= 0.3 is 6.09 Å². The standard InChI is InChI=1S/C20H30N6O7/c1-11-13(7-14(28)12(8-32-10-27)23-19(30)33-31-6)26-17(29)15-16(24(5)18(26)22-11)25(9-21-15)20(2,3)4/h9-10,12,14-16,28H,7-8H2,1-6H3,(H,23,30). The van der Waals surface area contributed by atoms with Crippen LogP contribution in [-0.4, -0.2) is 95.0 Å². The fourth-order valence-corrected chi connectivity index (χ4v) is 4.09. The summed E-state index contributed by atoms with van der Waals surface area (Å²) in [7, 11) is 3.00. The topological polar surface area (TPSA) is 148 Å². The molecule has 0 saturated heterocycles. The third kappa shape index (κ3) is 4.64. The number of carbonyl (C=O) groups is 3. The lowest BCUT2D eigenvalue weighted by molar-refractivity contribution is -0.214. The summed E-state index contributed by atoms with van der Waals surface area (Å²) >= 11 is 0. The summed E-state index contributed by atoms with van der Waals surface area (Å²) in [6.07, 6.45) is -0.880. The van der Waals surface area contributed by atoms with E-state index in [1.807, 2.05) is 37.6 Å². The zero-order chi connectivity index (χ0) is 24.5. The maximum atomic E-state index is 13.4. The van der Waals surface area contributed by atoms with Gasteiger partial charge in [-0.25, -0.2) is 9.78 Å². The molecule has 3 rings (SSSR count). The van der Waals surface area contributed by atoms with E-state index in [9.17, 15) is 19.5 Å². The quantitative estimate of drug-likeness (QED) is 0.301. The largest absolute Gasteiger partial charge is 0.466 e. The maximum absolute atomic E-state index is 13.4. The Kier molecular flexibility index (Phi) is 6.93. The maximum Gasteiger partial charge on any atom is 0.439 e. The molecule has 3 heterocycles. The van der Waals surface area contributed by atoms with Crippen molar-refractivity contribution < 1.29 is 34.0 Å². The number of amides is 1. The molecule has 2 N–H and O–H groups in total. The number of aliphatic imine (C=N–C) groups is 1. The average Bonchev–Trinajstić information content (AvgIpc) is 3.32. The number of imidazole rings is 1. The number of ether oxygens (including phenoxy) is 1. The highest BCUT2D eigenvalue weighted by Gasteiger charge is 2.49. The molecule has 0 spiro atoms. The third-order valence-corrected chi connectivity index (χ3v) is 5.71. The van der Waals surface area contributed by atoms with Crippen molar-refractivity contribution in [3.63, 3.8) is 0 Å². The van der Waals surface area contributed by atoms with Crippen molar-refractivity contribution in [2.45, 2.75) is 64.0 Å². The molecule has 1 aromatic heterocycles. The number of hydrogen-bond donors (Lipinski definition) is 2. The molecule has 0 radical (unpaired) electrons. The summed E-state index contributed by atoms with van der Waals surface area (Å²) in [4.78, 5) is 57.4. The van der Waals surface area contributed by atoms with E-state index in [4.69, 9.17) is 4.74 Å². The minimum absolute atomic E-state index is 0.0529. The molecule has 13 nitrogen and oxygen atoms in total. The Morgan fingerprint density at radius 1 is 1.39 bits per heavy atom. The first-order valence-electron chi connectivity index (χ1n) is 10.4. The number of carbonyl (C=O) groups excluding carboxylic acids is 3. The Balaban J connectivity index is 1.89. The Labute approximate surface area is 191 Å². The van der Waals surface area contributed by atoms with Gasteiger partial charge in [0, 0.05) is 19.0 Å². The predicted molar refractivity (Wildman–Crippen MR) is 116 cm³/mol. The van der Waals surface area contributed by atoms with Gasteiger partial charge in [-0.1, -0.05) is 0 Å². The zero-order valence-electron chi connectivity index (χ0n) is 19.5. The number of hydrogen-bond acceptors (Lipinski definition) is 11. The van der Waals surface area contributed by atoms with Crippen LogP contribution in [0, 0.1) is 6.92 Å². The first-order chi connectivity index (χ1) is 15.5. The van der Waals surface area contributed by atoms with Gasteiger partial charge in [0.15, 0.2) is 6.04 Å². The highest BCUT2D eigenvalue weighted by atomic mass is 17.2. The summed E-state index contributed by atoms with van der Waals surface area (Å²) in [6.45, 7) is 7.74. The van der Waals surface area contributed by atoms with Crippen LogP contribution in [0.1, 0.15) is 37.0 Å². The molecular weight excluding hydrogens is 436 g/mol. The monoisotopic (exact) mass is 466 g/mol. The average molecular weight is 466 g/mol. The third-order valence-electron chi connectivity index (χ3n) is 5.71. The number of fused-ring (bicyclic) bond motifs is 2. The van der Waals surface area contributed by atoms with Crippen LogP contribution in [0.3, 0.4) is 0 Å². The molecule has 2 aliphatic rings. The summed E-state index contributed by atoms with van der Waals surface area (Å²) in [5.41, 5.74) is 0.759. The minimum atomic E-state index is -1.23. The number of aliphatic hydroxyl groups is 1. The molecule has 4 unspecified atom stereocenters. The van der Waals surface area contributed by atoms with E-state index in [1.165, 1.54) is 4.57 Å². The zero-order valence-corrected chi connectivity index (χ0v) is 19.5. The van der Waals surface area contributed by atoms with E-state index in [0.29, 0.717) is 17.3 Å². The van der Waals surface area contributed by atoms with Gasteiger partial charge in [-0.15, -0.1) is 0 Å². The molecule has 1 aromatic rings. The molecule has 33 heavy (non-hydrogen) atoms. The molecule has 0 saturated carbocycles. The molecule has 182 valence electrons. The number of nitrogens with zero attached hydrogens (tertiary/aromatic N) is 5. The molecule has 1 amide bonds. The predicted octanol–water partition coefficient (Wildman–Crippen LogP) is -0.149.